The van der Waals surface area contributed by atoms with Crippen molar-refractivity contribution in [2.75, 3.05) is 0 Å². The molecule has 112 valence electrons. The average molecular weight is 323 g/mol. The van der Waals surface area contributed by atoms with Crippen LogP contribution in [0.5, 0.6) is 0 Å². The first-order valence-electron chi connectivity index (χ1n) is 7.21. The van der Waals surface area contributed by atoms with Crippen LogP contribution in [0.2, 0.25) is 10.0 Å². The standard InChI is InChI=1S/C17H20Cl2N2/c1-10-7-11-14(20)8-17(2,3)9-15(11)21(10)16-12(18)5-4-6-13(16)19/h4-7,14H,8-9,20H2,1-3H3. The first kappa shape index (κ1) is 15.0. The number of aryl methyl sites for hydroxylation is 1. The molecule has 2 N–H and O–H groups in total. The van der Waals surface area contributed by atoms with Crippen molar-refractivity contribution in [3.63, 3.8) is 0 Å². The molecule has 0 radical (unpaired) electrons. The van der Waals surface area contributed by atoms with E-state index in [2.05, 4.69) is 31.4 Å². The summed E-state index contributed by atoms with van der Waals surface area (Å²) < 4.78 is 2.18. The van der Waals surface area contributed by atoms with Crippen LogP contribution in [0.4, 0.5) is 0 Å². The largest absolute Gasteiger partial charge is 0.324 e. The minimum atomic E-state index is 0.0740. The second-order valence-corrected chi connectivity index (χ2v) is 7.56. The van der Waals surface area contributed by atoms with Crippen molar-refractivity contribution < 1.29 is 0 Å². The SMILES string of the molecule is Cc1cc2c(n1-c1c(Cl)cccc1Cl)CC(C)(C)CC2N. The van der Waals surface area contributed by atoms with Crippen molar-refractivity contribution >= 4 is 23.2 Å². The van der Waals surface area contributed by atoms with Gasteiger partial charge in [-0.25, -0.2) is 0 Å². The van der Waals surface area contributed by atoms with Crippen LogP contribution in [-0.4, -0.2) is 4.57 Å². The van der Waals surface area contributed by atoms with Gasteiger partial charge in [0.2, 0.25) is 0 Å². The molecule has 0 amide bonds. The predicted octanol–water partition coefficient (Wildman–Crippen LogP) is 5.06. The van der Waals surface area contributed by atoms with Gasteiger partial charge in [-0.1, -0.05) is 43.1 Å². The van der Waals surface area contributed by atoms with E-state index in [1.807, 2.05) is 18.2 Å². The molecule has 0 spiro atoms. The molecule has 4 heteroatoms. The van der Waals surface area contributed by atoms with Gasteiger partial charge >= 0.3 is 0 Å². The van der Waals surface area contributed by atoms with Crippen molar-refractivity contribution in [1.82, 2.24) is 4.57 Å². The first-order chi connectivity index (χ1) is 9.80. The Kier molecular flexibility index (Phi) is 3.59. The molecule has 1 heterocycles. The maximum atomic E-state index is 6.41. The Labute approximate surface area is 135 Å². The fraction of sp³-hybridized carbons (Fsp3) is 0.412. The number of para-hydroxylation sites is 1. The van der Waals surface area contributed by atoms with Crippen molar-refractivity contribution in [1.29, 1.82) is 0 Å². The minimum absolute atomic E-state index is 0.0740. The van der Waals surface area contributed by atoms with Gasteiger partial charge in [-0.15, -0.1) is 0 Å². The second kappa shape index (κ2) is 5.05. The molecular formula is C17H20Cl2N2. The van der Waals surface area contributed by atoms with Crippen LogP contribution in [0, 0.1) is 12.3 Å². The lowest BCUT2D eigenvalue weighted by molar-refractivity contribution is 0.278. The summed E-state index contributed by atoms with van der Waals surface area (Å²) >= 11 is 12.8. The molecule has 3 rings (SSSR count). The number of fused-ring (bicyclic) bond motifs is 1. The fourth-order valence-electron chi connectivity index (χ4n) is 3.46. The molecule has 0 fully saturated rings. The third-order valence-corrected chi connectivity index (χ3v) is 4.91. The lowest BCUT2D eigenvalue weighted by atomic mass is 9.74. The van der Waals surface area contributed by atoms with Crippen molar-refractivity contribution in [2.45, 2.75) is 39.7 Å². The number of benzene rings is 1. The minimum Gasteiger partial charge on any atom is -0.324 e. The maximum Gasteiger partial charge on any atom is 0.0830 e. The Morgan fingerprint density at radius 3 is 2.48 bits per heavy atom. The summed E-state index contributed by atoms with van der Waals surface area (Å²) in [4.78, 5) is 0. The summed E-state index contributed by atoms with van der Waals surface area (Å²) in [6.07, 6.45) is 1.98. The fourth-order valence-corrected chi connectivity index (χ4v) is 4.03. The summed E-state index contributed by atoms with van der Waals surface area (Å²) in [5, 5.41) is 1.34. The first-order valence-corrected chi connectivity index (χ1v) is 7.97. The second-order valence-electron chi connectivity index (χ2n) is 6.75. The average Bonchev–Trinajstić information content (AvgIpc) is 2.66. The molecule has 2 aromatic rings. The van der Waals surface area contributed by atoms with E-state index >= 15 is 0 Å². The summed E-state index contributed by atoms with van der Waals surface area (Å²) in [6.45, 7) is 6.60. The van der Waals surface area contributed by atoms with Gasteiger partial charge in [0.15, 0.2) is 0 Å². The molecule has 21 heavy (non-hydrogen) atoms. The van der Waals surface area contributed by atoms with Gasteiger partial charge in [0.05, 0.1) is 15.7 Å². The molecular weight excluding hydrogens is 303 g/mol. The zero-order valence-electron chi connectivity index (χ0n) is 12.6. The van der Waals surface area contributed by atoms with Crippen LogP contribution in [0.15, 0.2) is 24.3 Å². The van der Waals surface area contributed by atoms with Gasteiger partial charge in [0.25, 0.3) is 0 Å². The molecule has 1 aromatic heterocycles. The van der Waals surface area contributed by atoms with E-state index in [4.69, 9.17) is 28.9 Å². The third kappa shape index (κ3) is 2.50. The van der Waals surface area contributed by atoms with E-state index in [0.29, 0.717) is 10.0 Å². The summed E-state index contributed by atoms with van der Waals surface area (Å²) in [5.41, 5.74) is 11.0. The Morgan fingerprint density at radius 1 is 1.24 bits per heavy atom. The number of rotatable bonds is 1. The highest BCUT2D eigenvalue weighted by Gasteiger charge is 2.34. The van der Waals surface area contributed by atoms with E-state index in [0.717, 1.165) is 24.2 Å². The zero-order valence-corrected chi connectivity index (χ0v) is 14.1. The highest BCUT2D eigenvalue weighted by molar-refractivity contribution is 6.37. The molecule has 0 saturated heterocycles. The van der Waals surface area contributed by atoms with Gasteiger partial charge < -0.3 is 10.3 Å². The van der Waals surface area contributed by atoms with Crippen LogP contribution in [0.1, 0.15) is 43.3 Å². The van der Waals surface area contributed by atoms with E-state index in [1.165, 1.54) is 11.3 Å². The molecule has 2 nitrogen and oxygen atoms in total. The van der Waals surface area contributed by atoms with Gasteiger partial charge in [-0.3, -0.25) is 0 Å². The van der Waals surface area contributed by atoms with Crippen LogP contribution in [-0.2, 0) is 6.42 Å². The van der Waals surface area contributed by atoms with Crippen LogP contribution in [0.25, 0.3) is 5.69 Å². The molecule has 1 aromatic carbocycles. The Hall–Kier alpha value is -0.960. The van der Waals surface area contributed by atoms with Crippen LogP contribution >= 0.6 is 23.2 Å². The van der Waals surface area contributed by atoms with Gasteiger partial charge in [-0.05, 0) is 48.9 Å². The topological polar surface area (TPSA) is 30.9 Å². The molecule has 0 saturated carbocycles. The number of nitrogens with two attached hydrogens (primary N) is 1. The molecule has 1 aliphatic carbocycles. The third-order valence-electron chi connectivity index (χ3n) is 4.30. The highest BCUT2D eigenvalue weighted by atomic mass is 35.5. The summed E-state index contributed by atoms with van der Waals surface area (Å²) in [7, 11) is 0. The number of aromatic nitrogens is 1. The van der Waals surface area contributed by atoms with E-state index in [9.17, 15) is 0 Å². The molecule has 1 unspecified atom stereocenters. The highest BCUT2D eigenvalue weighted by Crippen LogP contribution is 2.43. The van der Waals surface area contributed by atoms with Crippen LogP contribution in [0.3, 0.4) is 0 Å². The molecule has 0 aliphatic heterocycles. The predicted molar refractivity (Wildman–Crippen MR) is 89.6 cm³/mol. The van der Waals surface area contributed by atoms with Gasteiger partial charge in [-0.2, -0.15) is 0 Å². The van der Waals surface area contributed by atoms with Crippen molar-refractivity contribution in [2.24, 2.45) is 11.1 Å². The van der Waals surface area contributed by atoms with Crippen molar-refractivity contribution in [3.05, 3.63) is 51.3 Å². The Morgan fingerprint density at radius 2 is 1.86 bits per heavy atom. The number of halogens is 2. The van der Waals surface area contributed by atoms with Gasteiger partial charge in [0.1, 0.15) is 0 Å². The van der Waals surface area contributed by atoms with E-state index in [1.54, 1.807) is 0 Å². The van der Waals surface area contributed by atoms with E-state index < -0.39 is 0 Å². The summed E-state index contributed by atoms with van der Waals surface area (Å²) in [5.74, 6) is 0. The lowest BCUT2D eigenvalue weighted by Gasteiger charge is -2.34. The number of hydrogen-bond acceptors (Lipinski definition) is 1. The maximum absolute atomic E-state index is 6.41. The summed E-state index contributed by atoms with van der Waals surface area (Å²) in [6, 6.07) is 7.87. The monoisotopic (exact) mass is 322 g/mol. The zero-order chi connectivity index (χ0) is 15.4. The normalized spacial score (nSPS) is 20.4. The Balaban J connectivity index is 2.26. The molecule has 0 bridgehead atoms. The molecule has 1 atom stereocenters. The van der Waals surface area contributed by atoms with Crippen molar-refractivity contribution in [3.8, 4) is 5.69 Å². The van der Waals surface area contributed by atoms with Gasteiger partial charge in [0, 0.05) is 17.4 Å². The quantitative estimate of drug-likeness (QED) is 0.781. The smallest absolute Gasteiger partial charge is 0.0830 e. The molecule has 1 aliphatic rings. The van der Waals surface area contributed by atoms with Crippen LogP contribution < -0.4 is 5.73 Å². The number of hydrogen-bond donors (Lipinski definition) is 1. The number of nitrogens with zero attached hydrogens (tertiary/aromatic N) is 1. The Bertz CT molecular complexity index is 681. The van der Waals surface area contributed by atoms with E-state index in [-0.39, 0.29) is 11.5 Å². The lowest BCUT2D eigenvalue weighted by Crippen LogP contribution is -2.30.